The van der Waals surface area contributed by atoms with E-state index in [0.29, 0.717) is 31.7 Å². The Morgan fingerprint density at radius 1 is 1.00 bits per heavy atom. The zero-order chi connectivity index (χ0) is 34.7. The summed E-state index contributed by atoms with van der Waals surface area (Å²) in [6, 6.07) is 26.5. The Balaban J connectivity index is 1.41. The third-order valence-corrected chi connectivity index (χ3v) is 10.5. The van der Waals surface area contributed by atoms with Crippen molar-refractivity contribution in [1.82, 2.24) is 4.57 Å². The molecular weight excluding hydrogens is 687 g/mol. The molecule has 1 aliphatic rings. The van der Waals surface area contributed by atoms with E-state index in [1.807, 2.05) is 60.9 Å². The van der Waals surface area contributed by atoms with Crippen molar-refractivity contribution in [2.75, 3.05) is 12.9 Å². The number of carbonyl (C=O) groups excluding carboxylic acids is 1. The first-order valence-corrected chi connectivity index (χ1v) is 18.3. The number of nitro benzene ring substituents is 1. The third-order valence-electron chi connectivity index (χ3n) is 7.53. The van der Waals surface area contributed by atoms with Gasteiger partial charge in [0.1, 0.15) is 10.6 Å². The average Bonchev–Trinajstić information content (AvgIpc) is 3.42. The summed E-state index contributed by atoms with van der Waals surface area (Å²) < 4.78 is 38.1. The van der Waals surface area contributed by atoms with Crippen molar-refractivity contribution in [3.63, 3.8) is 0 Å². The van der Waals surface area contributed by atoms with Crippen LogP contribution in [0.25, 0.3) is 11.8 Å². The Hall–Kier alpha value is -5.31. The van der Waals surface area contributed by atoms with E-state index in [1.54, 1.807) is 36.9 Å². The van der Waals surface area contributed by atoms with Crippen LogP contribution < -0.4 is 19.1 Å². The molecule has 5 aromatic rings. The standard InChI is InChI=1S/C35H27N3O8S3/c1-3-45-34(40)30-31(23-7-5-4-6-8-23)36-35-37(32(30)24-11-17-27(47-2)18-12-24)33(39)29(48-35)21-22-9-15-26(16-10-22)46-49(43,44)28-19-13-25(14-20-28)38(41)42/h4-21,32H,3H2,1-2H3/b29-21-/t32-/m1/s1. The number of thioether (sulfide) groups is 1. The topological polar surface area (TPSA) is 147 Å². The van der Waals surface area contributed by atoms with Crippen molar-refractivity contribution in [3.05, 3.63) is 155 Å². The molecule has 1 aliphatic heterocycles. The number of aromatic nitrogens is 1. The molecule has 248 valence electrons. The number of rotatable bonds is 10. The highest BCUT2D eigenvalue weighted by Crippen LogP contribution is 2.35. The Labute approximate surface area is 288 Å². The van der Waals surface area contributed by atoms with Gasteiger partial charge in [-0.25, -0.2) is 9.79 Å². The van der Waals surface area contributed by atoms with E-state index >= 15 is 0 Å². The smallest absolute Gasteiger partial charge is 0.339 e. The summed E-state index contributed by atoms with van der Waals surface area (Å²) in [7, 11) is -4.26. The van der Waals surface area contributed by atoms with E-state index in [9.17, 15) is 28.1 Å². The van der Waals surface area contributed by atoms with Crippen molar-refractivity contribution in [1.29, 1.82) is 0 Å². The molecule has 4 aromatic carbocycles. The molecule has 0 saturated heterocycles. The fourth-order valence-electron chi connectivity index (χ4n) is 5.22. The maximum absolute atomic E-state index is 14.1. The number of esters is 1. The molecule has 0 fully saturated rings. The SMILES string of the molecule is CCOC(=O)C1=C(c2ccccc2)N=c2s/c(=C\c3ccc(OS(=O)(=O)c4ccc([N+](=O)[O-])cc4)cc3)c(=O)n2[C@@H]1c1ccc(SC)cc1. The van der Waals surface area contributed by atoms with Gasteiger partial charge in [-0.3, -0.25) is 19.5 Å². The van der Waals surface area contributed by atoms with Crippen LogP contribution in [-0.4, -0.2) is 36.7 Å². The van der Waals surface area contributed by atoms with Gasteiger partial charge >= 0.3 is 16.1 Å². The molecule has 1 atom stereocenters. The lowest BCUT2D eigenvalue weighted by molar-refractivity contribution is -0.384. The number of benzene rings is 4. The first-order valence-electron chi connectivity index (χ1n) is 14.8. The summed E-state index contributed by atoms with van der Waals surface area (Å²) >= 11 is 2.74. The fourth-order valence-corrected chi connectivity index (χ4v) is 7.56. The number of carbonyl (C=O) groups is 1. The normalized spacial score (nSPS) is 14.6. The van der Waals surface area contributed by atoms with Gasteiger partial charge in [-0.05, 0) is 66.8 Å². The summed E-state index contributed by atoms with van der Waals surface area (Å²) in [5.74, 6) is -0.560. The predicted octanol–water partition coefficient (Wildman–Crippen LogP) is 5.33. The number of fused-ring (bicyclic) bond motifs is 1. The van der Waals surface area contributed by atoms with E-state index in [4.69, 9.17) is 13.9 Å². The van der Waals surface area contributed by atoms with Gasteiger partial charge < -0.3 is 8.92 Å². The van der Waals surface area contributed by atoms with Crippen LogP contribution in [0.2, 0.25) is 0 Å². The van der Waals surface area contributed by atoms with Gasteiger partial charge in [-0.15, -0.1) is 11.8 Å². The van der Waals surface area contributed by atoms with Crippen LogP contribution in [0.5, 0.6) is 5.75 Å². The molecule has 0 unspecified atom stereocenters. The van der Waals surface area contributed by atoms with E-state index in [2.05, 4.69) is 0 Å². The van der Waals surface area contributed by atoms with Crippen molar-refractivity contribution >= 4 is 56.6 Å². The van der Waals surface area contributed by atoms with Crippen molar-refractivity contribution in [2.24, 2.45) is 4.99 Å². The maximum atomic E-state index is 14.1. The molecule has 11 nitrogen and oxygen atoms in total. The van der Waals surface area contributed by atoms with Crippen LogP contribution in [0.1, 0.15) is 29.7 Å². The van der Waals surface area contributed by atoms with Gasteiger partial charge in [0.15, 0.2) is 4.80 Å². The van der Waals surface area contributed by atoms with Crippen LogP contribution in [0.15, 0.2) is 128 Å². The molecule has 0 aliphatic carbocycles. The molecule has 1 aromatic heterocycles. The lowest BCUT2D eigenvalue weighted by atomic mass is 9.93. The van der Waals surface area contributed by atoms with Gasteiger partial charge in [0.2, 0.25) is 0 Å². The Morgan fingerprint density at radius 2 is 1.67 bits per heavy atom. The zero-order valence-corrected chi connectivity index (χ0v) is 28.5. The number of hydrogen-bond donors (Lipinski definition) is 0. The van der Waals surface area contributed by atoms with Crippen molar-refractivity contribution in [2.45, 2.75) is 22.8 Å². The molecule has 49 heavy (non-hydrogen) atoms. The van der Waals surface area contributed by atoms with Crippen LogP contribution in [0.4, 0.5) is 5.69 Å². The molecule has 0 N–H and O–H groups in total. The van der Waals surface area contributed by atoms with Crippen LogP contribution >= 0.6 is 23.1 Å². The predicted molar refractivity (Wildman–Crippen MR) is 187 cm³/mol. The molecule has 0 bridgehead atoms. The molecule has 0 saturated carbocycles. The third kappa shape index (κ3) is 6.97. The van der Waals surface area contributed by atoms with Crippen molar-refractivity contribution < 1.29 is 27.1 Å². The van der Waals surface area contributed by atoms with Crippen LogP contribution in [-0.2, 0) is 19.6 Å². The quantitative estimate of drug-likeness (QED) is 0.0616. The van der Waals surface area contributed by atoms with Gasteiger partial charge in [-0.2, -0.15) is 8.42 Å². The number of hydrogen-bond acceptors (Lipinski definition) is 11. The molecular formula is C35H27N3O8S3. The van der Waals surface area contributed by atoms with E-state index in [0.717, 1.165) is 29.2 Å². The molecule has 6 rings (SSSR count). The lowest BCUT2D eigenvalue weighted by Crippen LogP contribution is -2.40. The minimum absolute atomic E-state index is 0.0113. The number of non-ortho nitro benzene ring substituents is 1. The number of nitrogens with zero attached hydrogens (tertiary/aromatic N) is 3. The second-order valence-electron chi connectivity index (χ2n) is 10.6. The first kappa shape index (κ1) is 33.6. The number of nitro groups is 1. The second kappa shape index (κ2) is 14.0. The summed E-state index contributed by atoms with van der Waals surface area (Å²) in [5, 5.41) is 10.9. The second-order valence-corrected chi connectivity index (χ2v) is 14.0. The minimum atomic E-state index is -4.26. The molecule has 14 heteroatoms. The van der Waals surface area contributed by atoms with Crippen LogP contribution in [0, 0.1) is 10.1 Å². The molecule has 0 spiro atoms. The molecule has 0 radical (unpaired) electrons. The first-order chi connectivity index (χ1) is 23.6. The highest BCUT2D eigenvalue weighted by atomic mass is 32.2. The van der Waals surface area contributed by atoms with Crippen LogP contribution in [0.3, 0.4) is 0 Å². The van der Waals surface area contributed by atoms with Gasteiger partial charge in [0.25, 0.3) is 11.2 Å². The summed E-state index contributed by atoms with van der Waals surface area (Å²) in [6.07, 6.45) is 3.62. The Kier molecular flexibility index (Phi) is 9.62. The summed E-state index contributed by atoms with van der Waals surface area (Å²) in [6.45, 7) is 1.86. The number of thiazole rings is 1. The fraction of sp³-hybridized carbons (Fsp3) is 0.114. The average molecular weight is 714 g/mol. The summed E-state index contributed by atoms with van der Waals surface area (Å²) in [5.41, 5.74) is 2.06. The highest BCUT2D eigenvalue weighted by Gasteiger charge is 2.35. The summed E-state index contributed by atoms with van der Waals surface area (Å²) in [4.78, 5) is 44.1. The van der Waals surface area contributed by atoms with E-state index in [1.165, 1.54) is 28.0 Å². The zero-order valence-electron chi connectivity index (χ0n) is 26.0. The Bertz CT molecular complexity index is 2370. The molecule has 0 amide bonds. The maximum Gasteiger partial charge on any atom is 0.339 e. The highest BCUT2D eigenvalue weighted by molar-refractivity contribution is 7.98. The van der Waals surface area contributed by atoms with Gasteiger partial charge in [0, 0.05) is 22.6 Å². The molecule has 2 heterocycles. The number of ether oxygens (including phenoxy) is 1. The lowest BCUT2D eigenvalue weighted by Gasteiger charge is -2.26. The van der Waals surface area contributed by atoms with Gasteiger partial charge in [0.05, 0.1) is 33.4 Å². The minimum Gasteiger partial charge on any atom is -0.463 e. The van der Waals surface area contributed by atoms with Crippen molar-refractivity contribution in [3.8, 4) is 5.75 Å². The van der Waals surface area contributed by atoms with Gasteiger partial charge in [-0.1, -0.05) is 65.9 Å². The van der Waals surface area contributed by atoms with E-state index in [-0.39, 0.29) is 34.1 Å². The van der Waals surface area contributed by atoms with E-state index < -0.39 is 27.1 Å². The monoisotopic (exact) mass is 713 g/mol. The Morgan fingerprint density at radius 3 is 2.29 bits per heavy atom. The largest absolute Gasteiger partial charge is 0.463 e.